The summed E-state index contributed by atoms with van der Waals surface area (Å²) >= 11 is 0. The maximum atomic E-state index is 9.41. The van der Waals surface area contributed by atoms with Gasteiger partial charge in [0, 0.05) is 6.61 Å². The molecule has 0 aromatic rings. The first-order valence-electron chi connectivity index (χ1n) is 3.99. The third kappa shape index (κ3) is 117. The summed E-state index contributed by atoms with van der Waals surface area (Å²) in [6.07, 6.45) is 13.2. The second kappa shape index (κ2) is 16.4. The van der Waals surface area contributed by atoms with Crippen LogP contribution in [0.1, 0.15) is 6.92 Å². The zero-order chi connectivity index (χ0) is 12.1. The topological polar surface area (TPSA) is 55.3 Å². The van der Waals surface area contributed by atoms with Crippen molar-refractivity contribution in [1.29, 1.82) is 0 Å². The molecule has 0 fully saturated rings. The van der Waals surface area contributed by atoms with Crippen LogP contribution in [-0.4, -0.2) is 44.1 Å². The molecule has 3 nitrogen and oxygen atoms in total. The molecule has 0 saturated heterocycles. The minimum Gasteiger partial charge on any atom is -0.820 e. The lowest BCUT2D eigenvalue weighted by atomic mass is 10.9. The summed E-state index contributed by atoms with van der Waals surface area (Å²) < 4.78 is 4.00. The fraction of sp³-hybridized carbons (Fsp3) is 1.00. The Labute approximate surface area is 95.9 Å². The van der Waals surface area contributed by atoms with E-state index in [0.29, 0.717) is 21.8 Å². The second-order valence-corrected chi connectivity index (χ2v) is 8.70. The van der Waals surface area contributed by atoms with Crippen molar-refractivity contribution in [3.63, 3.8) is 0 Å². The van der Waals surface area contributed by atoms with Crippen molar-refractivity contribution in [2.24, 2.45) is 0 Å². The van der Waals surface area contributed by atoms with Crippen LogP contribution in [0.3, 0.4) is 0 Å². The Morgan fingerprint density at radius 3 is 1.14 bits per heavy atom. The predicted octanol–water partition coefficient (Wildman–Crippen LogP) is -0.0414. The molecule has 0 aromatic heterocycles. The fourth-order valence-electron chi connectivity index (χ4n) is 0.105. The van der Waals surface area contributed by atoms with Gasteiger partial charge in [0.2, 0.25) is 0 Å². The lowest BCUT2D eigenvalue weighted by molar-refractivity contribution is -0.317. The Kier molecular flexibility index (Phi) is 24.0. The Bertz CT molecular complexity index is 81.1. The zero-order valence-corrected chi connectivity index (χ0v) is 12.7. The van der Waals surface area contributed by atoms with E-state index >= 15 is 0 Å². The van der Waals surface area contributed by atoms with E-state index in [9.17, 15) is 9.79 Å². The van der Waals surface area contributed by atoms with Gasteiger partial charge in [0.15, 0.2) is 0 Å². The van der Waals surface area contributed by atoms with Crippen LogP contribution < -0.4 is 9.79 Å². The van der Waals surface area contributed by atoms with Gasteiger partial charge in [-0.25, -0.2) is 0 Å². The number of hydrogen-bond donors (Lipinski definition) is 0. The van der Waals surface area contributed by atoms with Crippen LogP contribution in [-0.2, 0) is 26.3 Å². The minimum atomic E-state index is -2.60. The first-order valence-corrected chi connectivity index (χ1v) is 9.99. The van der Waals surface area contributed by atoms with Crippen LogP contribution in [0.2, 0.25) is 0 Å². The smallest absolute Gasteiger partial charge is 0.0969 e. The average molecular weight is 262 g/mol. The minimum absolute atomic E-state index is 0.235. The third-order valence-corrected chi connectivity index (χ3v) is 0.704. The predicted molar refractivity (Wildman–Crippen MR) is 68.8 cm³/mol. The van der Waals surface area contributed by atoms with Crippen molar-refractivity contribution < 1.29 is 14.3 Å². The maximum absolute atomic E-state index is 9.41. The van der Waals surface area contributed by atoms with Crippen LogP contribution >= 0.6 is 8.60 Å². The summed E-state index contributed by atoms with van der Waals surface area (Å²) in [6, 6.07) is 0. The van der Waals surface area contributed by atoms with Crippen LogP contribution in [0, 0.1) is 0 Å². The molecule has 90 valence electrons. The molecule has 0 unspecified atom stereocenters. The van der Waals surface area contributed by atoms with Crippen LogP contribution in [0.25, 0.3) is 0 Å². The molecule has 0 aromatic carbocycles. The van der Waals surface area contributed by atoms with Gasteiger partial charge in [0.05, 0.1) is 37.5 Å². The van der Waals surface area contributed by atoms with E-state index in [2.05, 4.69) is 42.1 Å². The Morgan fingerprint density at radius 2 is 1.14 bits per heavy atom. The lowest BCUT2D eigenvalue weighted by Gasteiger charge is -2.27. The van der Waals surface area contributed by atoms with Gasteiger partial charge in [0.25, 0.3) is 0 Å². The van der Waals surface area contributed by atoms with Gasteiger partial charge in [-0.3, -0.25) is 0 Å². The van der Waals surface area contributed by atoms with Gasteiger partial charge in [-0.1, -0.05) is 0 Å². The lowest BCUT2D eigenvalue weighted by Crippen LogP contribution is -2.09. The third-order valence-electron chi connectivity index (χ3n) is 0.235. The normalized spacial score (nSPS) is 9.43. The highest BCUT2D eigenvalue weighted by Crippen LogP contribution is 2.10. The molecular formula is C8H23O3PS2. The summed E-state index contributed by atoms with van der Waals surface area (Å²) in [5.74, 6) is 0. The van der Waals surface area contributed by atoms with Crippen molar-refractivity contribution in [3.8, 4) is 0 Å². The fourth-order valence-corrected chi connectivity index (χ4v) is 0.316. The molecule has 0 aliphatic carbocycles. The van der Waals surface area contributed by atoms with E-state index in [1.807, 2.05) is 0 Å². The largest absolute Gasteiger partial charge is 0.820 e. The summed E-state index contributed by atoms with van der Waals surface area (Å²) in [6.45, 7) is 1.85. The average Bonchev–Trinajstić information content (AvgIpc) is 1.82. The van der Waals surface area contributed by atoms with E-state index in [0.717, 1.165) is 0 Å². The van der Waals surface area contributed by atoms with Crippen molar-refractivity contribution in [3.05, 3.63) is 0 Å². The summed E-state index contributed by atoms with van der Waals surface area (Å²) in [7, 11) is -1.32. The van der Waals surface area contributed by atoms with E-state index < -0.39 is 8.60 Å². The zero-order valence-electron chi connectivity index (χ0n) is 10.2. The monoisotopic (exact) mass is 262 g/mol. The van der Waals surface area contributed by atoms with Gasteiger partial charge >= 0.3 is 0 Å². The molecule has 0 saturated carbocycles. The molecule has 0 aliphatic heterocycles. The van der Waals surface area contributed by atoms with Gasteiger partial charge in [0.1, 0.15) is 0 Å². The molecule has 0 atom stereocenters. The standard InChI is InChI=1S/2C3H9S.C2H5O3P/c2*1-4(2)3;1-2-5-6(3)4/h2*1-3H3;2H2,1H3/q2*+1;-2. The highest BCUT2D eigenvalue weighted by atomic mass is 32.2. The second-order valence-electron chi connectivity index (χ2n) is 3.09. The quantitative estimate of drug-likeness (QED) is 0.518. The van der Waals surface area contributed by atoms with Crippen LogP contribution in [0.15, 0.2) is 0 Å². The van der Waals surface area contributed by atoms with Crippen molar-refractivity contribution >= 4 is 30.4 Å². The van der Waals surface area contributed by atoms with E-state index in [1.165, 1.54) is 0 Å². The van der Waals surface area contributed by atoms with Gasteiger partial charge in [-0.15, -0.1) is 0 Å². The Balaban J connectivity index is -0.000000135. The van der Waals surface area contributed by atoms with Crippen molar-refractivity contribution in [2.75, 3.05) is 44.1 Å². The summed E-state index contributed by atoms with van der Waals surface area (Å²) in [4.78, 5) is 18.8. The molecular weight excluding hydrogens is 239 g/mol. The van der Waals surface area contributed by atoms with E-state index in [4.69, 9.17) is 0 Å². The molecule has 0 heterocycles. The molecule has 0 N–H and O–H groups in total. The molecule has 14 heavy (non-hydrogen) atoms. The van der Waals surface area contributed by atoms with Gasteiger partial charge in [-0.2, -0.15) is 8.60 Å². The first-order chi connectivity index (χ1) is 6.23. The van der Waals surface area contributed by atoms with Crippen LogP contribution in [0.5, 0.6) is 0 Å². The molecule has 0 spiro atoms. The molecule has 0 radical (unpaired) electrons. The molecule has 0 aliphatic rings. The molecule has 6 heteroatoms. The SMILES string of the molecule is CCOP([O-])[O-].C[S+](C)C.C[S+](C)C. The molecule has 0 amide bonds. The van der Waals surface area contributed by atoms with Gasteiger partial charge < -0.3 is 14.3 Å². The van der Waals surface area contributed by atoms with E-state index in [-0.39, 0.29) is 6.61 Å². The Morgan fingerprint density at radius 1 is 0.929 bits per heavy atom. The number of hydrogen-bond acceptors (Lipinski definition) is 3. The molecule has 0 bridgehead atoms. The van der Waals surface area contributed by atoms with Crippen LogP contribution in [0.4, 0.5) is 0 Å². The van der Waals surface area contributed by atoms with Crippen molar-refractivity contribution in [2.45, 2.75) is 6.92 Å². The Hall–Kier alpha value is 1.01. The highest BCUT2D eigenvalue weighted by molar-refractivity contribution is 7.95. The van der Waals surface area contributed by atoms with E-state index in [1.54, 1.807) is 6.92 Å². The highest BCUT2D eigenvalue weighted by Gasteiger charge is 1.78. The van der Waals surface area contributed by atoms with Gasteiger partial charge in [-0.05, 0) is 28.7 Å². The molecule has 0 rings (SSSR count). The van der Waals surface area contributed by atoms with Crippen molar-refractivity contribution in [1.82, 2.24) is 0 Å². The maximum Gasteiger partial charge on any atom is 0.0969 e. The number of rotatable bonds is 2. The summed E-state index contributed by atoms with van der Waals surface area (Å²) in [5, 5.41) is 0. The summed E-state index contributed by atoms with van der Waals surface area (Å²) in [5.41, 5.74) is 0. The first kappa shape index (κ1) is 20.4.